The lowest BCUT2D eigenvalue weighted by molar-refractivity contribution is -0.141. The number of hydrogen-bond donors (Lipinski definition) is 3. The molecule has 0 bridgehead atoms. The molecular weight excluding hydrogens is 506 g/mol. The zero-order valence-corrected chi connectivity index (χ0v) is 22.3. The van der Waals surface area contributed by atoms with Crippen LogP contribution in [0.25, 0.3) is 0 Å². The van der Waals surface area contributed by atoms with Gasteiger partial charge >= 0.3 is 0 Å². The van der Waals surface area contributed by atoms with Crippen molar-refractivity contribution in [1.82, 2.24) is 20.4 Å². The maximum atomic E-state index is 14.9. The van der Waals surface area contributed by atoms with E-state index in [2.05, 4.69) is 15.5 Å². The number of amides is 2. The Morgan fingerprint density at radius 1 is 1.15 bits per heavy atom. The first-order valence-electron chi connectivity index (χ1n) is 12.8. The Balaban J connectivity index is 1.51. The Morgan fingerprint density at radius 2 is 1.90 bits per heavy atom. The Hall–Kier alpha value is -3.92. The lowest BCUT2D eigenvalue weighted by Crippen LogP contribution is -2.54. The molecule has 0 spiro atoms. The SMILES string of the molecule is Cc1cc(Cc2ccc(C(=O)N[C@H](C)C(=O)N3[C@H](c4cccc(F)c4)CC[C@@H]3C(C)(C)O)cc2F)c(=O)[nH]n1. The van der Waals surface area contributed by atoms with Gasteiger partial charge in [-0.3, -0.25) is 14.4 Å². The predicted octanol–water partition coefficient (Wildman–Crippen LogP) is 3.57. The molecule has 1 fully saturated rings. The number of nitrogens with one attached hydrogen (secondary N) is 2. The fraction of sp³-hybridized carbons (Fsp3) is 0.379. The lowest BCUT2D eigenvalue weighted by Gasteiger charge is -2.38. The lowest BCUT2D eigenvalue weighted by atomic mass is 9.96. The van der Waals surface area contributed by atoms with E-state index in [1.54, 1.807) is 39.0 Å². The van der Waals surface area contributed by atoms with Crippen LogP contribution >= 0.6 is 0 Å². The topological polar surface area (TPSA) is 115 Å². The van der Waals surface area contributed by atoms with Crippen molar-refractivity contribution in [3.05, 3.63) is 98.5 Å². The third-order valence-electron chi connectivity index (χ3n) is 7.11. The molecular formula is C29H32F2N4O4. The minimum Gasteiger partial charge on any atom is -0.388 e. The molecule has 8 nitrogen and oxygen atoms in total. The van der Waals surface area contributed by atoms with Crippen LogP contribution in [0, 0.1) is 18.6 Å². The number of nitrogens with zero attached hydrogens (tertiary/aromatic N) is 2. The smallest absolute Gasteiger partial charge is 0.267 e. The average Bonchev–Trinajstić information content (AvgIpc) is 3.33. The quantitative estimate of drug-likeness (QED) is 0.426. The second-order valence-corrected chi connectivity index (χ2v) is 10.6. The van der Waals surface area contributed by atoms with Crippen LogP contribution in [0.2, 0.25) is 0 Å². The molecule has 3 N–H and O–H groups in total. The summed E-state index contributed by atoms with van der Waals surface area (Å²) in [7, 11) is 0. The number of aryl methyl sites for hydroxylation is 1. The van der Waals surface area contributed by atoms with Gasteiger partial charge in [-0.15, -0.1) is 0 Å². The average molecular weight is 539 g/mol. The molecule has 2 heterocycles. The third kappa shape index (κ3) is 6.22. The van der Waals surface area contributed by atoms with Crippen molar-refractivity contribution in [2.24, 2.45) is 0 Å². The van der Waals surface area contributed by atoms with Crippen LogP contribution in [0.15, 0.2) is 53.3 Å². The summed E-state index contributed by atoms with van der Waals surface area (Å²) in [5.74, 6) is -2.18. The maximum absolute atomic E-state index is 14.9. The number of halogens is 2. The normalized spacial score (nSPS) is 18.2. The Bertz CT molecular complexity index is 1450. The molecule has 0 aliphatic carbocycles. The van der Waals surface area contributed by atoms with Gasteiger partial charge in [-0.1, -0.05) is 18.2 Å². The largest absolute Gasteiger partial charge is 0.388 e. The van der Waals surface area contributed by atoms with Crippen molar-refractivity contribution in [3.63, 3.8) is 0 Å². The number of aromatic amines is 1. The van der Waals surface area contributed by atoms with Crippen LogP contribution in [-0.4, -0.2) is 49.7 Å². The summed E-state index contributed by atoms with van der Waals surface area (Å²) in [5, 5.41) is 19.6. The first-order chi connectivity index (χ1) is 18.3. The number of aliphatic hydroxyl groups is 1. The van der Waals surface area contributed by atoms with Crippen molar-refractivity contribution in [3.8, 4) is 0 Å². The van der Waals surface area contributed by atoms with Gasteiger partial charge in [0.15, 0.2) is 0 Å². The molecule has 1 aliphatic heterocycles. The van der Waals surface area contributed by atoms with E-state index >= 15 is 0 Å². The third-order valence-corrected chi connectivity index (χ3v) is 7.11. The highest BCUT2D eigenvalue weighted by Gasteiger charge is 2.45. The molecule has 3 atom stereocenters. The molecule has 0 saturated carbocycles. The maximum Gasteiger partial charge on any atom is 0.267 e. The van der Waals surface area contributed by atoms with Crippen molar-refractivity contribution < 1.29 is 23.5 Å². The molecule has 1 aliphatic rings. The number of benzene rings is 2. The molecule has 4 rings (SSSR count). The van der Waals surface area contributed by atoms with E-state index in [0.29, 0.717) is 29.7 Å². The molecule has 206 valence electrons. The van der Waals surface area contributed by atoms with Crippen molar-refractivity contribution in [2.45, 2.75) is 70.7 Å². The van der Waals surface area contributed by atoms with Crippen LogP contribution < -0.4 is 10.9 Å². The summed E-state index contributed by atoms with van der Waals surface area (Å²) in [4.78, 5) is 40.1. The fourth-order valence-corrected chi connectivity index (χ4v) is 5.15. The van der Waals surface area contributed by atoms with E-state index in [9.17, 15) is 28.3 Å². The van der Waals surface area contributed by atoms with Crippen molar-refractivity contribution in [1.29, 1.82) is 0 Å². The van der Waals surface area contributed by atoms with Crippen LogP contribution in [-0.2, 0) is 11.2 Å². The van der Waals surface area contributed by atoms with Crippen molar-refractivity contribution >= 4 is 11.8 Å². The van der Waals surface area contributed by atoms with E-state index < -0.39 is 52.7 Å². The van der Waals surface area contributed by atoms with E-state index in [-0.39, 0.29) is 17.5 Å². The number of hydrogen-bond acceptors (Lipinski definition) is 5. The highest BCUT2D eigenvalue weighted by atomic mass is 19.1. The van der Waals surface area contributed by atoms with Crippen molar-refractivity contribution in [2.75, 3.05) is 0 Å². The minimum absolute atomic E-state index is 0.0119. The number of carbonyl (C=O) groups excluding carboxylic acids is 2. The number of aromatic nitrogens is 2. The van der Waals surface area contributed by atoms with Crippen LogP contribution in [0.1, 0.15) is 72.4 Å². The molecule has 1 aromatic heterocycles. The van der Waals surface area contributed by atoms with Crippen LogP contribution in [0.4, 0.5) is 8.78 Å². The Morgan fingerprint density at radius 3 is 2.56 bits per heavy atom. The molecule has 0 unspecified atom stereocenters. The summed E-state index contributed by atoms with van der Waals surface area (Å²) in [6, 6.07) is 9.46. The highest BCUT2D eigenvalue weighted by Crippen LogP contribution is 2.40. The summed E-state index contributed by atoms with van der Waals surface area (Å²) in [6.07, 6.45) is 1.05. The summed E-state index contributed by atoms with van der Waals surface area (Å²) in [5.41, 5.74) is 0.135. The van der Waals surface area contributed by atoms with Gasteiger partial charge in [0.25, 0.3) is 11.5 Å². The first-order valence-corrected chi connectivity index (χ1v) is 12.8. The summed E-state index contributed by atoms with van der Waals surface area (Å²) in [6.45, 7) is 6.45. The highest BCUT2D eigenvalue weighted by molar-refractivity contribution is 5.97. The second kappa shape index (κ2) is 11.1. The van der Waals surface area contributed by atoms with Gasteiger partial charge in [0.1, 0.15) is 17.7 Å². The van der Waals surface area contributed by atoms with E-state index in [4.69, 9.17) is 0 Å². The van der Waals surface area contributed by atoms with Gasteiger partial charge in [-0.25, -0.2) is 13.9 Å². The van der Waals surface area contributed by atoms with Crippen LogP contribution in [0.5, 0.6) is 0 Å². The van der Waals surface area contributed by atoms with E-state index in [0.717, 1.165) is 6.07 Å². The zero-order chi connectivity index (χ0) is 28.5. The van der Waals surface area contributed by atoms with Gasteiger partial charge in [0.2, 0.25) is 5.91 Å². The summed E-state index contributed by atoms with van der Waals surface area (Å²) < 4.78 is 28.8. The van der Waals surface area contributed by atoms with Gasteiger partial charge in [0.05, 0.1) is 23.4 Å². The van der Waals surface area contributed by atoms with Gasteiger partial charge in [-0.05, 0) is 82.0 Å². The number of H-pyrrole nitrogens is 1. The first kappa shape index (κ1) is 28.1. The molecule has 2 amide bonds. The number of rotatable bonds is 7. The van der Waals surface area contributed by atoms with Gasteiger partial charge < -0.3 is 15.3 Å². The predicted molar refractivity (Wildman–Crippen MR) is 141 cm³/mol. The second-order valence-electron chi connectivity index (χ2n) is 10.6. The van der Waals surface area contributed by atoms with Gasteiger partial charge in [0, 0.05) is 17.5 Å². The molecule has 0 radical (unpaired) electrons. The fourth-order valence-electron chi connectivity index (χ4n) is 5.15. The molecule has 2 aromatic carbocycles. The molecule has 3 aromatic rings. The molecule has 10 heteroatoms. The van der Waals surface area contributed by atoms with E-state index in [1.807, 2.05) is 0 Å². The number of likely N-dealkylation sites (tertiary alicyclic amines) is 1. The van der Waals surface area contributed by atoms with Gasteiger partial charge in [-0.2, -0.15) is 5.10 Å². The molecule has 1 saturated heterocycles. The Kier molecular flexibility index (Phi) is 7.96. The molecule has 39 heavy (non-hydrogen) atoms. The zero-order valence-electron chi connectivity index (χ0n) is 22.3. The standard InChI is InChI=1S/C29H32F2N4O4/c1-16-12-21(27(37)34-33-16)13-18-8-9-20(15-23(18)31)26(36)32-17(2)28(38)35-24(10-11-25(35)29(3,4)39)19-6-5-7-22(30)14-19/h5-9,12,14-15,17,24-25,39H,10-11,13H2,1-4H3,(H,32,36)(H,34,37)/t17-,24+,25-/m1/s1. The monoisotopic (exact) mass is 538 g/mol. The van der Waals surface area contributed by atoms with E-state index in [1.165, 1.54) is 36.1 Å². The number of carbonyl (C=O) groups is 2. The summed E-state index contributed by atoms with van der Waals surface area (Å²) >= 11 is 0. The van der Waals surface area contributed by atoms with Crippen LogP contribution in [0.3, 0.4) is 0 Å². The Labute approximate surface area is 225 Å². The minimum atomic E-state index is -1.23.